The van der Waals surface area contributed by atoms with Crippen molar-refractivity contribution in [3.8, 4) is 0 Å². The molecule has 2 rings (SSSR count). The van der Waals surface area contributed by atoms with E-state index < -0.39 is 14.6 Å². The Balaban J connectivity index is 2.23. The maximum atomic E-state index is 12.8. The molecule has 0 aromatic rings. The van der Waals surface area contributed by atoms with Gasteiger partial charge in [-0.05, 0) is 32.4 Å². The lowest BCUT2D eigenvalue weighted by atomic mass is 9.94. The van der Waals surface area contributed by atoms with Crippen LogP contribution in [0, 0.1) is 0 Å². The summed E-state index contributed by atoms with van der Waals surface area (Å²) >= 11 is 0. The van der Waals surface area contributed by atoms with Crippen LogP contribution >= 0.6 is 0 Å². The molecule has 0 aromatic heterocycles. The van der Waals surface area contributed by atoms with Crippen LogP contribution in [0.25, 0.3) is 0 Å². The van der Waals surface area contributed by atoms with Gasteiger partial charge in [0, 0.05) is 19.3 Å². The minimum Gasteiger partial charge on any atom is -0.375 e. The molecular formula is C13H24N2O4S. The van der Waals surface area contributed by atoms with E-state index in [4.69, 9.17) is 4.74 Å². The Morgan fingerprint density at radius 2 is 2.05 bits per heavy atom. The topological polar surface area (TPSA) is 75.7 Å². The molecule has 2 saturated heterocycles. The van der Waals surface area contributed by atoms with Crippen molar-refractivity contribution in [3.63, 3.8) is 0 Å². The largest absolute Gasteiger partial charge is 0.375 e. The molecule has 1 unspecified atom stereocenters. The summed E-state index contributed by atoms with van der Waals surface area (Å²) < 4.78 is 28.8. The maximum Gasteiger partial charge on any atom is 0.244 e. The van der Waals surface area contributed by atoms with Crippen molar-refractivity contribution in [1.82, 2.24) is 10.2 Å². The first-order chi connectivity index (χ1) is 9.40. The van der Waals surface area contributed by atoms with Crippen molar-refractivity contribution in [2.75, 3.05) is 39.0 Å². The van der Waals surface area contributed by atoms with Crippen molar-refractivity contribution in [3.05, 3.63) is 0 Å². The van der Waals surface area contributed by atoms with E-state index in [1.165, 1.54) is 6.26 Å². The smallest absolute Gasteiger partial charge is 0.244 e. The zero-order valence-electron chi connectivity index (χ0n) is 12.2. The first-order valence-corrected chi connectivity index (χ1v) is 9.11. The fourth-order valence-electron chi connectivity index (χ4n) is 3.01. The summed E-state index contributed by atoms with van der Waals surface area (Å²) in [6.07, 6.45) is 2.76. The second-order valence-corrected chi connectivity index (χ2v) is 7.99. The Morgan fingerprint density at radius 3 is 2.60 bits per heavy atom. The Bertz CT molecular complexity index is 457. The van der Waals surface area contributed by atoms with Crippen molar-refractivity contribution in [2.24, 2.45) is 0 Å². The number of amides is 1. The van der Waals surface area contributed by atoms with Crippen molar-refractivity contribution < 1.29 is 17.9 Å². The minimum absolute atomic E-state index is 0.0195. The van der Waals surface area contributed by atoms with Gasteiger partial charge < -0.3 is 15.0 Å². The molecule has 0 bridgehead atoms. The normalized spacial score (nSPS) is 27.3. The van der Waals surface area contributed by atoms with E-state index in [0.29, 0.717) is 45.6 Å². The predicted octanol–water partition coefficient (Wildman–Crippen LogP) is -0.209. The van der Waals surface area contributed by atoms with Crippen LogP contribution in [0.15, 0.2) is 0 Å². The maximum absolute atomic E-state index is 12.8. The molecule has 6 nitrogen and oxygen atoms in total. The third-order valence-electron chi connectivity index (χ3n) is 4.39. The molecule has 20 heavy (non-hydrogen) atoms. The molecule has 0 spiro atoms. The van der Waals surface area contributed by atoms with Gasteiger partial charge in [0.1, 0.15) is 0 Å². The number of carbonyl (C=O) groups excluding carboxylic acids is 1. The fraction of sp³-hybridized carbons (Fsp3) is 0.923. The molecule has 1 atom stereocenters. The average molecular weight is 304 g/mol. The molecule has 116 valence electrons. The molecule has 1 N–H and O–H groups in total. The average Bonchev–Trinajstić information content (AvgIpc) is 2.46. The number of nitrogens with one attached hydrogen (secondary N) is 1. The number of rotatable bonds is 3. The third kappa shape index (κ3) is 2.84. The van der Waals surface area contributed by atoms with Crippen LogP contribution in [0.1, 0.15) is 26.2 Å². The number of nitrogens with zero attached hydrogens (tertiary/aromatic N) is 1. The number of piperidine rings is 1. The lowest BCUT2D eigenvalue weighted by Crippen LogP contribution is -2.60. The highest BCUT2D eigenvalue weighted by Crippen LogP contribution is 2.30. The Kier molecular flexibility index (Phi) is 4.71. The van der Waals surface area contributed by atoms with Gasteiger partial charge in [-0.25, -0.2) is 8.42 Å². The quantitative estimate of drug-likeness (QED) is 0.781. The lowest BCUT2D eigenvalue weighted by molar-refractivity contribution is -0.142. The molecule has 2 heterocycles. The van der Waals surface area contributed by atoms with Crippen LogP contribution in [0.2, 0.25) is 0 Å². The van der Waals surface area contributed by atoms with E-state index >= 15 is 0 Å². The zero-order valence-corrected chi connectivity index (χ0v) is 13.0. The van der Waals surface area contributed by atoms with E-state index in [1.54, 1.807) is 4.90 Å². The van der Waals surface area contributed by atoms with Crippen LogP contribution in [0.3, 0.4) is 0 Å². The van der Waals surface area contributed by atoms with Gasteiger partial charge >= 0.3 is 0 Å². The first-order valence-electron chi connectivity index (χ1n) is 7.22. The summed E-state index contributed by atoms with van der Waals surface area (Å²) in [6.45, 7) is 4.62. The molecule has 7 heteroatoms. The highest BCUT2D eigenvalue weighted by molar-refractivity contribution is 7.92. The van der Waals surface area contributed by atoms with Crippen LogP contribution in [-0.2, 0) is 19.4 Å². The van der Waals surface area contributed by atoms with Gasteiger partial charge in [-0.1, -0.05) is 6.92 Å². The summed E-state index contributed by atoms with van der Waals surface area (Å²) in [7, 11) is -3.43. The predicted molar refractivity (Wildman–Crippen MR) is 76.3 cm³/mol. The van der Waals surface area contributed by atoms with Gasteiger partial charge in [0.25, 0.3) is 0 Å². The summed E-state index contributed by atoms with van der Waals surface area (Å²) in [6, 6.07) is 0. The monoisotopic (exact) mass is 304 g/mol. The van der Waals surface area contributed by atoms with Crippen molar-refractivity contribution in [1.29, 1.82) is 0 Å². The minimum atomic E-state index is -3.43. The number of hydrogen-bond acceptors (Lipinski definition) is 5. The standard InChI is InChI=1S/C13H24N2O4S/c1-3-11-10-15(8-9-19-11)12(16)13(20(2,17)18)4-6-14-7-5-13/h11,14H,3-10H2,1-2H3. The van der Waals surface area contributed by atoms with Gasteiger partial charge in [-0.2, -0.15) is 0 Å². The van der Waals surface area contributed by atoms with E-state index in [2.05, 4.69) is 5.32 Å². The third-order valence-corrected chi connectivity index (χ3v) is 6.39. The van der Waals surface area contributed by atoms with Crippen LogP contribution < -0.4 is 5.32 Å². The number of ether oxygens (including phenoxy) is 1. The Morgan fingerprint density at radius 1 is 1.40 bits per heavy atom. The van der Waals surface area contributed by atoms with Crippen LogP contribution in [-0.4, -0.2) is 69.1 Å². The summed E-state index contributed by atoms with van der Waals surface area (Å²) in [5.74, 6) is -0.233. The van der Waals surface area contributed by atoms with Gasteiger partial charge in [0.05, 0.1) is 12.7 Å². The Labute approximate surface area is 120 Å². The first kappa shape index (κ1) is 15.7. The second-order valence-electron chi connectivity index (χ2n) is 5.67. The Hall–Kier alpha value is -0.660. The molecule has 1 amide bonds. The number of hydrogen-bond donors (Lipinski definition) is 1. The van der Waals surface area contributed by atoms with Crippen LogP contribution in [0.5, 0.6) is 0 Å². The van der Waals surface area contributed by atoms with E-state index in [9.17, 15) is 13.2 Å². The van der Waals surface area contributed by atoms with Gasteiger partial charge in [-0.15, -0.1) is 0 Å². The molecule has 0 aromatic carbocycles. The van der Waals surface area contributed by atoms with Gasteiger partial charge in [0.2, 0.25) is 5.91 Å². The summed E-state index contributed by atoms with van der Waals surface area (Å²) in [5.41, 5.74) is 0. The summed E-state index contributed by atoms with van der Waals surface area (Å²) in [5, 5.41) is 3.13. The lowest BCUT2D eigenvalue weighted by Gasteiger charge is -2.41. The number of carbonyl (C=O) groups is 1. The van der Waals surface area contributed by atoms with Crippen LogP contribution in [0.4, 0.5) is 0 Å². The highest BCUT2D eigenvalue weighted by atomic mass is 32.2. The second kappa shape index (κ2) is 5.99. The number of sulfone groups is 1. The molecule has 2 fully saturated rings. The van der Waals surface area contributed by atoms with Gasteiger partial charge in [-0.3, -0.25) is 4.79 Å². The highest BCUT2D eigenvalue weighted by Gasteiger charge is 2.50. The number of morpholine rings is 1. The van der Waals surface area contributed by atoms with E-state index in [0.717, 1.165) is 6.42 Å². The summed E-state index contributed by atoms with van der Waals surface area (Å²) in [4.78, 5) is 14.5. The zero-order chi connectivity index (χ0) is 14.8. The molecule has 0 saturated carbocycles. The molecular weight excluding hydrogens is 280 g/mol. The van der Waals surface area contributed by atoms with Crippen molar-refractivity contribution in [2.45, 2.75) is 37.0 Å². The molecule has 0 aliphatic carbocycles. The van der Waals surface area contributed by atoms with E-state index in [1.807, 2.05) is 6.92 Å². The van der Waals surface area contributed by atoms with Crippen molar-refractivity contribution >= 4 is 15.7 Å². The van der Waals surface area contributed by atoms with E-state index in [-0.39, 0.29) is 12.0 Å². The molecule has 2 aliphatic heterocycles. The molecule has 0 radical (unpaired) electrons. The van der Waals surface area contributed by atoms with Gasteiger partial charge in [0.15, 0.2) is 14.6 Å². The molecule has 2 aliphatic rings. The SMILES string of the molecule is CCC1CN(C(=O)C2(S(C)(=O)=O)CCNCC2)CCO1. The fourth-order valence-corrected chi connectivity index (χ4v) is 4.40.